The number of likely N-dealkylation sites (tertiary alicyclic amines) is 1. The van der Waals surface area contributed by atoms with Crippen LogP contribution in [0.2, 0.25) is 0 Å². The lowest BCUT2D eigenvalue weighted by Gasteiger charge is -2.28. The van der Waals surface area contributed by atoms with Gasteiger partial charge in [-0.1, -0.05) is 0 Å². The summed E-state index contributed by atoms with van der Waals surface area (Å²) in [5, 5.41) is 5.29. The van der Waals surface area contributed by atoms with Gasteiger partial charge in [-0.05, 0) is 19.3 Å². The fourth-order valence-electron chi connectivity index (χ4n) is 3.57. The van der Waals surface area contributed by atoms with Gasteiger partial charge in [0.05, 0.1) is 6.33 Å². The number of hydrogen-bond donors (Lipinski definition) is 4. The molecule has 0 spiro atoms. The number of primary amides is 1. The average molecular weight is 472 g/mol. The van der Waals surface area contributed by atoms with Gasteiger partial charge < -0.3 is 37.3 Å². The predicted molar refractivity (Wildman–Crippen MR) is 114 cm³/mol. The third-order valence-electron chi connectivity index (χ3n) is 5.14. The van der Waals surface area contributed by atoms with Gasteiger partial charge in [0.2, 0.25) is 23.6 Å². The molecule has 2 aliphatic rings. The summed E-state index contributed by atoms with van der Waals surface area (Å²) in [7, 11) is 0. The first-order valence-electron chi connectivity index (χ1n) is 10.3. The van der Waals surface area contributed by atoms with Crippen molar-refractivity contribution in [2.75, 3.05) is 6.54 Å². The van der Waals surface area contributed by atoms with Crippen LogP contribution in [-0.4, -0.2) is 91.0 Å². The number of nitrogens with two attached hydrogens (primary N) is 1. The van der Waals surface area contributed by atoms with Crippen LogP contribution in [0.1, 0.15) is 31.4 Å². The van der Waals surface area contributed by atoms with E-state index in [-0.39, 0.29) is 24.7 Å². The van der Waals surface area contributed by atoms with E-state index >= 15 is 0 Å². The smallest absolute Gasteiger partial charge is 0.339 e. The van der Waals surface area contributed by atoms with Gasteiger partial charge in [0.1, 0.15) is 18.1 Å². The maximum atomic E-state index is 13.0. The number of H-pyrrole nitrogens is 1. The monoisotopic (exact) mass is 472 g/mol. The molecule has 3 heterocycles. The molecule has 0 radical (unpaired) electrons. The van der Waals surface area contributed by atoms with Gasteiger partial charge in [0.25, 0.3) is 0 Å². The van der Waals surface area contributed by atoms with Crippen LogP contribution in [0.4, 0.5) is 0 Å². The first-order valence-corrected chi connectivity index (χ1v) is 10.3. The molecule has 0 saturated carbocycles. The van der Waals surface area contributed by atoms with E-state index in [2.05, 4.69) is 30.2 Å². The van der Waals surface area contributed by atoms with Crippen molar-refractivity contribution in [3.63, 3.8) is 0 Å². The molecule has 1 aromatic rings. The highest BCUT2D eigenvalue weighted by Crippen LogP contribution is 2.19. The fraction of sp³-hybridized carbons (Fsp3) is 0.474. The fourth-order valence-corrected chi connectivity index (χ4v) is 3.57. The van der Waals surface area contributed by atoms with Gasteiger partial charge in [-0.2, -0.15) is 9.58 Å². The minimum atomic E-state index is -0.875. The molecule has 1 aromatic heterocycles. The van der Waals surface area contributed by atoms with Crippen molar-refractivity contribution in [2.24, 2.45) is 5.73 Å². The average Bonchev–Trinajstić information content (AvgIpc) is 3.55. The zero-order chi connectivity index (χ0) is 25.1. The summed E-state index contributed by atoms with van der Waals surface area (Å²) < 4.78 is 0. The lowest BCUT2D eigenvalue weighted by Crippen LogP contribution is -2.56. The summed E-state index contributed by atoms with van der Waals surface area (Å²) >= 11 is 0. The lowest BCUT2D eigenvalue weighted by atomic mass is 10.1. The molecule has 0 aliphatic carbocycles. The van der Waals surface area contributed by atoms with Gasteiger partial charge in [-0.3, -0.25) is 24.0 Å². The third-order valence-corrected chi connectivity index (χ3v) is 5.14. The molecule has 2 saturated heterocycles. The topological polar surface area (TPSA) is 240 Å². The van der Waals surface area contributed by atoms with Crippen molar-refractivity contribution in [2.45, 2.75) is 50.2 Å². The van der Waals surface area contributed by atoms with Crippen molar-refractivity contribution in [3.8, 4) is 0 Å². The minimum Gasteiger partial charge on any atom is -0.368 e. The van der Waals surface area contributed by atoms with Crippen molar-refractivity contribution in [1.82, 2.24) is 25.5 Å². The second kappa shape index (κ2) is 12.5. The van der Waals surface area contributed by atoms with E-state index in [0.717, 1.165) is 0 Å². The Morgan fingerprint density at radius 3 is 2.50 bits per heavy atom. The Labute approximate surface area is 193 Å². The molecule has 15 nitrogen and oxygen atoms in total. The summed E-state index contributed by atoms with van der Waals surface area (Å²) in [5.74, 6) is -2.18. The molecule has 0 unspecified atom stereocenters. The SMILES string of the molecule is NC(=O)[C@@H]1CCCN1C(=O)[C@H](Cc1cnc[nH]1)NC(=O)[C@@H]1CCC(=O)N1.[N-]=[N+]=CC(=O)C=[N+]=[N-]. The number of nitrogens with zero attached hydrogens (tertiary/aromatic N) is 6. The Morgan fingerprint density at radius 1 is 1.26 bits per heavy atom. The molecule has 180 valence electrons. The number of Topliss-reactive ketones (excluding diaryl/α,β-unsaturated/α-hetero) is 1. The zero-order valence-corrected chi connectivity index (χ0v) is 18.1. The number of ketones is 1. The number of aromatic nitrogens is 2. The number of imidazole rings is 1. The number of nitrogens with one attached hydrogen (secondary N) is 3. The highest BCUT2D eigenvalue weighted by Gasteiger charge is 2.38. The molecule has 4 amide bonds. The molecular formula is C19H24N10O5. The highest BCUT2D eigenvalue weighted by molar-refractivity contribution is 6.50. The second-order valence-electron chi connectivity index (χ2n) is 7.48. The Morgan fingerprint density at radius 2 is 1.97 bits per heavy atom. The van der Waals surface area contributed by atoms with Gasteiger partial charge >= 0.3 is 18.2 Å². The van der Waals surface area contributed by atoms with Gasteiger partial charge in [0.15, 0.2) is 0 Å². The van der Waals surface area contributed by atoms with Crippen LogP contribution in [0.3, 0.4) is 0 Å². The number of carbonyl (C=O) groups excluding carboxylic acids is 5. The van der Waals surface area contributed by atoms with E-state index in [1.54, 1.807) is 6.20 Å². The molecular weight excluding hydrogens is 448 g/mol. The summed E-state index contributed by atoms with van der Waals surface area (Å²) in [6.45, 7) is 0.419. The molecule has 2 fully saturated rings. The highest BCUT2D eigenvalue weighted by atomic mass is 16.2. The van der Waals surface area contributed by atoms with Crippen LogP contribution < -0.4 is 16.4 Å². The number of aromatic amines is 1. The van der Waals surface area contributed by atoms with Gasteiger partial charge in [-0.25, -0.2) is 4.98 Å². The van der Waals surface area contributed by atoms with E-state index in [1.165, 1.54) is 11.2 Å². The quantitative estimate of drug-likeness (QED) is 0.179. The van der Waals surface area contributed by atoms with Crippen LogP contribution in [0, 0.1) is 0 Å². The predicted octanol–water partition coefficient (Wildman–Crippen LogP) is -2.65. The Balaban J connectivity index is 0.000000440. The van der Waals surface area contributed by atoms with Gasteiger partial charge in [0, 0.05) is 31.3 Å². The Kier molecular flexibility index (Phi) is 9.50. The molecule has 2 aliphatic heterocycles. The van der Waals surface area contributed by atoms with Crippen molar-refractivity contribution >= 4 is 41.8 Å². The van der Waals surface area contributed by atoms with Crippen molar-refractivity contribution in [1.29, 1.82) is 0 Å². The summed E-state index contributed by atoms with van der Waals surface area (Å²) in [5.41, 5.74) is 21.4. The third kappa shape index (κ3) is 7.29. The van der Waals surface area contributed by atoms with E-state index in [9.17, 15) is 24.0 Å². The summed E-state index contributed by atoms with van der Waals surface area (Å²) in [6, 6.07) is -2.18. The van der Waals surface area contributed by atoms with Crippen molar-refractivity contribution < 1.29 is 33.6 Å². The maximum Gasteiger partial charge on any atom is 0.339 e. The molecule has 3 rings (SSSR count). The van der Waals surface area contributed by atoms with Crippen LogP contribution in [0.5, 0.6) is 0 Å². The second-order valence-corrected chi connectivity index (χ2v) is 7.48. The molecule has 34 heavy (non-hydrogen) atoms. The van der Waals surface area contributed by atoms with E-state index in [0.29, 0.717) is 43.9 Å². The molecule has 0 bridgehead atoms. The van der Waals surface area contributed by atoms with Crippen LogP contribution in [-0.2, 0) is 30.4 Å². The van der Waals surface area contributed by atoms with Crippen LogP contribution in [0.15, 0.2) is 12.5 Å². The summed E-state index contributed by atoms with van der Waals surface area (Å²) in [6.07, 6.45) is 6.35. The molecule has 0 aromatic carbocycles. The van der Waals surface area contributed by atoms with Crippen LogP contribution in [0.25, 0.3) is 11.1 Å². The minimum absolute atomic E-state index is 0.185. The van der Waals surface area contributed by atoms with Gasteiger partial charge in [-0.15, -0.1) is 0 Å². The normalized spacial score (nSPS) is 19.4. The largest absolute Gasteiger partial charge is 0.368 e. The molecule has 5 N–H and O–H groups in total. The first kappa shape index (κ1) is 25.8. The first-order chi connectivity index (χ1) is 16.3. The van der Waals surface area contributed by atoms with Crippen molar-refractivity contribution in [3.05, 3.63) is 29.3 Å². The number of hydrogen-bond acceptors (Lipinski definition) is 6. The standard InChI is InChI=1S/C16H22N6O4.C3H2N4O/c17-14(24)12-2-1-5-22(12)16(26)11(6-9-7-18-8-19-9)21-15(25)10-3-4-13(23)20-10;4-6-1-3(8)2-7-5/h7-8,10-12H,1-6H2,(H2,17,24)(H,18,19)(H,20,23)(H,21,25);1-2H/t10-,11-,12-;/m0./s1. The van der Waals surface area contributed by atoms with E-state index in [1.807, 2.05) is 0 Å². The Bertz CT molecular complexity index is 1010. The Hall–Kier alpha value is -4.48. The molecule has 15 heteroatoms. The zero-order valence-electron chi connectivity index (χ0n) is 18.1. The number of rotatable bonds is 8. The van der Waals surface area contributed by atoms with E-state index < -0.39 is 35.7 Å². The lowest BCUT2D eigenvalue weighted by molar-refractivity contribution is -0.140. The van der Waals surface area contributed by atoms with E-state index in [4.69, 9.17) is 16.8 Å². The maximum absolute atomic E-state index is 13.0. The van der Waals surface area contributed by atoms with Crippen LogP contribution >= 0.6 is 0 Å². The molecule has 3 atom stereocenters. The number of amides is 4. The summed E-state index contributed by atoms with van der Waals surface area (Å²) in [4.78, 5) is 71.4. The number of carbonyl (C=O) groups is 5.